The molecule has 136 valence electrons. The Kier molecular flexibility index (Phi) is 3.85. The average Bonchev–Trinajstić information content (AvgIpc) is 3.21. The number of carbonyl (C=O) groups excluding carboxylic acids is 1. The Morgan fingerprint density at radius 1 is 1.48 bits per heavy atom. The fourth-order valence-electron chi connectivity index (χ4n) is 3.55. The van der Waals surface area contributed by atoms with E-state index in [0.29, 0.717) is 11.5 Å². The maximum absolute atomic E-state index is 11.8. The average molecular weight is 363 g/mol. The minimum atomic E-state index is -0.443. The molecule has 3 heterocycles. The van der Waals surface area contributed by atoms with Crippen molar-refractivity contribution in [2.45, 2.75) is 19.4 Å². The molecule has 3 aromatic rings. The topological polar surface area (TPSA) is 119 Å². The van der Waals surface area contributed by atoms with E-state index in [9.17, 15) is 10.1 Å². The zero-order chi connectivity index (χ0) is 19.1. The number of fused-ring (bicyclic) bond motifs is 2. The van der Waals surface area contributed by atoms with E-state index in [1.807, 2.05) is 42.0 Å². The molecule has 8 heteroatoms. The summed E-state index contributed by atoms with van der Waals surface area (Å²) >= 11 is 0. The zero-order valence-corrected chi connectivity index (χ0v) is 14.8. The Morgan fingerprint density at radius 3 is 3.00 bits per heavy atom. The summed E-state index contributed by atoms with van der Waals surface area (Å²) in [6.45, 7) is 1.94. The number of aryl methyl sites for hydroxylation is 1. The fourth-order valence-corrected chi connectivity index (χ4v) is 3.55. The number of para-hydroxylation sites is 1. The van der Waals surface area contributed by atoms with Crippen LogP contribution in [0.2, 0.25) is 0 Å². The molecule has 8 nitrogen and oxygen atoms in total. The molecule has 4 rings (SSSR count). The number of nitrogens with one attached hydrogen (secondary N) is 1. The third-order valence-electron chi connectivity index (χ3n) is 4.79. The van der Waals surface area contributed by atoms with Gasteiger partial charge in [-0.25, -0.2) is 0 Å². The third kappa shape index (κ3) is 2.52. The van der Waals surface area contributed by atoms with Crippen LogP contribution < -0.4 is 10.5 Å². The summed E-state index contributed by atoms with van der Waals surface area (Å²) in [6.07, 6.45) is 1.86. The van der Waals surface area contributed by atoms with E-state index >= 15 is 0 Å². The van der Waals surface area contributed by atoms with E-state index in [0.717, 1.165) is 27.7 Å². The van der Waals surface area contributed by atoms with E-state index in [1.165, 1.54) is 7.11 Å². The van der Waals surface area contributed by atoms with Crippen LogP contribution in [-0.4, -0.2) is 27.8 Å². The van der Waals surface area contributed by atoms with Crippen molar-refractivity contribution >= 4 is 16.9 Å². The number of benzene rings is 1. The first kappa shape index (κ1) is 16.7. The summed E-state index contributed by atoms with van der Waals surface area (Å²) in [5, 5.41) is 17.7. The molecule has 0 saturated heterocycles. The number of hydrogen-bond acceptors (Lipinski definition) is 6. The van der Waals surface area contributed by atoms with E-state index in [2.05, 4.69) is 16.3 Å². The molecule has 27 heavy (non-hydrogen) atoms. The van der Waals surface area contributed by atoms with Crippen molar-refractivity contribution in [3.8, 4) is 11.9 Å². The van der Waals surface area contributed by atoms with E-state index in [-0.39, 0.29) is 18.4 Å². The minimum absolute atomic E-state index is 0.0336. The van der Waals surface area contributed by atoms with Gasteiger partial charge in [0.25, 0.3) is 0 Å². The Labute approximate surface area is 154 Å². The van der Waals surface area contributed by atoms with Crippen LogP contribution in [0.3, 0.4) is 0 Å². The molecule has 0 fully saturated rings. The molecule has 2 aromatic heterocycles. The van der Waals surface area contributed by atoms with Crippen molar-refractivity contribution in [1.82, 2.24) is 14.8 Å². The molecule has 1 aromatic carbocycles. The number of carbonyl (C=O) groups is 1. The smallest absolute Gasteiger partial charge is 0.325 e. The summed E-state index contributed by atoms with van der Waals surface area (Å²) < 4.78 is 12.1. The fraction of sp³-hybridized carbons (Fsp3) is 0.211. The summed E-state index contributed by atoms with van der Waals surface area (Å²) in [7, 11) is 1.35. The first-order valence-corrected chi connectivity index (χ1v) is 8.32. The number of rotatable bonds is 3. The van der Waals surface area contributed by atoms with Gasteiger partial charge in [0.15, 0.2) is 0 Å². The first-order chi connectivity index (χ1) is 13.0. The van der Waals surface area contributed by atoms with Gasteiger partial charge in [0.1, 0.15) is 18.2 Å². The number of hydrogen-bond donors (Lipinski definition) is 2. The summed E-state index contributed by atoms with van der Waals surface area (Å²) in [4.78, 5) is 11.8. The molecule has 1 unspecified atom stereocenters. The van der Waals surface area contributed by atoms with E-state index < -0.39 is 5.92 Å². The van der Waals surface area contributed by atoms with Gasteiger partial charge in [0.2, 0.25) is 11.8 Å². The SMILES string of the molecule is COC(=O)Cn1cc(C2C(C#N)=C(N)Oc3n[nH]c(C)c32)c2ccccc21. The molecular formula is C19H17N5O3. The van der Waals surface area contributed by atoms with Crippen molar-refractivity contribution in [3.05, 3.63) is 58.7 Å². The standard InChI is InChI=1S/C19H17N5O3/c1-10-16-17(12(7-20)18(21)27-19(16)23-22-10)13-8-24(9-15(25)26-2)14-6-4-3-5-11(13)14/h3-6,8,17H,9,21H2,1-2H3,(H,22,23). The molecule has 0 spiro atoms. The van der Waals surface area contributed by atoms with Crippen LogP contribution in [0.1, 0.15) is 22.7 Å². The number of ether oxygens (including phenoxy) is 2. The summed E-state index contributed by atoms with van der Waals surface area (Å²) in [6, 6.07) is 9.85. The van der Waals surface area contributed by atoms with Gasteiger partial charge in [0, 0.05) is 28.4 Å². The number of aromatic amines is 1. The number of nitrogens with two attached hydrogens (primary N) is 1. The van der Waals surface area contributed by atoms with Gasteiger partial charge in [-0.3, -0.25) is 9.89 Å². The van der Waals surface area contributed by atoms with Crippen molar-refractivity contribution < 1.29 is 14.3 Å². The molecule has 3 N–H and O–H groups in total. The molecule has 0 radical (unpaired) electrons. The predicted octanol–water partition coefficient (Wildman–Crippen LogP) is 2.06. The molecule has 0 bridgehead atoms. The molecule has 0 aliphatic carbocycles. The summed E-state index contributed by atoms with van der Waals surface area (Å²) in [5.41, 5.74) is 9.58. The maximum Gasteiger partial charge on any atom is 0.325 e. The van der Waals surface area contributed by atoms with Crippen molar-refractivity contribution in [3.63, 3.8) is 0 Å². The highest BCUT2D eigenvalue weighted by molar-refractivity contribution is 5.87. The van der Waals surface area contributed by atoms with Crippen LogP contribution in [0.15, 0.2) is 41.9 Å². The van der Waals surface area contributed by atoms with Gasteiger partial charge in [-0.2, -0.15) is 5.26 Å². The lowest BCUT2D eigenvalue weighted by Gasteiger charge is -2.23. The second kappa shape index (κ2) is 6.21. The number of nitriles is 1. The Bertz CT molecular complexity index is 1130. The van der Waals surface area contributed by atoms with Crippen LogP contribution in [0, 0.1) is 18.3 Å². The number of H-pyrrole nitrogens is 1. The highest BCUT2D eigenvalue weighted by Crippen LogP contribution is 2.45. The number of methoxy groups -OCH3 is 1. The Hall–Kier alpha value is -3.73. The highest BCUT2D eigenvalue weighted by atomic mass is 16.5. The maximum atomic E-state index is 11.8. The molecular weight excluding hydrogens is 346 g/mol. The lowest BCUT2D eigenvalue weighted by atomic mass is 9.84. The number of nitrogens with zero attached hydrogens (tertiary/aromatic N) is 3. The zero-order valence-electron chi connectivity index (χ0n) is 14.8. The second-order valence-electron chi connectivity index (χ2n) is 6.30. The van der Waals surface area contributed by atoms with Crippen LogP contribution in [0.4, 0.5) is 0 Å². The second-order valence-corrected chi connectivity index (χ2v) is 6.30. The molecule has 1 aliphatic heterocycles. The van der Waals surface area contributed by atoms with Crippen LogP contribution >= 0.6 is 0 Å². The van der Waals surface area contributed by atoms with Crippen LogP contribution in [-0.2, 0) is 16.1 Å². The summed E-state index contributed by atoms with van der Waals surface area (Å²) in [5.74, 6) is -0.406. The predicted molar refractivity (Wildman–Crippen MR) is 96.6 cm³/mol. The van der Waals surface area contributed by atoms with Crippen molar-refractivity contribution in [2.75, 3.05) is 7.11 Å². The minimum Gasteiger partial charge on any atom is -0.468 e. The van der Waals surface area contributed by atoms with Crippen LogP contribution in [0.5, 0.6) is 5.88 Å². The molecule has 0 saturated carbocycles. The third-order valence-corrected chi connectivity index (χ3v) is 4.79. The highest BCUT2D eigenvalue weighted by Gasteiger charge is 2.36. The quantitative estimate of drug-likeness (QED) is 0.688. The van der Waals surface area contributed by atoms with E-state index in [1.54, 1.807) is 0 Å². The largest absolute Gasteiger partial charge is 0.468 e. The van der Waals surface area contributed by atoms with Crippen molar-refractivity contribution in [1.29, 1.82) is 5.26 Å². The van der Waals surface area contributed by atoms with Crippen molar-refractivity contribution in [2.24, 2.45) is 5.73 Å². The lowest BCUT2D eigenvalue weighted by molar-refractivity contribution is -0.141. The molecule has 0 amide bonds. The van der Waals surface area contributed by atoms with Gasteiger partial charge < -0.3 is 19.8 Å². The van der Waals surface area contributed by atoms with Gasteiger partial charge in [0.05, 0.1) is 13.0 Å². The monoisotopic (exact) mass is 363 g/mol. The molecule has 1 atom stereocenters. The van der Waals surface area contributed by atoms with Gasteiger partial charge in [-0.15, -0.1) is 5.10 Å². The number of allylic oxidation sites excluding steroid dienone is 1. The number of esters is 1. The van der Waals surface area contributed by atoms with Gasteiger partial charge >= 0.3 is 5.97 Å². The Balaban J connectivity index is 1.98. The number of aromatic nitrogens is 3. The van der Waals surface area contributed by atoms with Crippen LogP contribution in [0.25, 0.3) is 10.9 Å². The van der Waals surface area contributed by atoms with Gasteiger partial charge in [-0.05, 0) is 18.6 Å². The Morgan fingerprint density at radius 2 is 2.26 bits per heavy atom. The normalized spacial score (nSPS) is 16.0. The van der Waals surface area contributed by atoms with Gasteiger partial charge in [-0.1, -0.05) is 18.2 Å². The molecule has 1 aliphatic rings. The van der Waals surface area contributed by atoms with E-state index in [4.69, 9.17) is 15.2 Å². The lowest BCUT2D eigenvalue weighted by Crippen LogP contribution is -2.21. The first-order valence-electron chi connectivity index (χ1n) is 8.32.